The standard InChI is InChI=1S/C15H20N2O/c18-10-15-13(11-5-7-16-8-6-11)9-12-3-1-2-4-14(12)17-15/h1-4,10-11,13,15-17H,5-9H2. The first kappa shape index (κ1) is 11.7. The van der Waals surface area contributed by atoms with Crippen LogP contribution in [-0.4, -0.2) is 25.4 Å². The average Bonchev–Trinajstić information content (AvgIpc) is 2.46. The minimum absolute atomic E-state index is 0.0111. The molecule has 2 aliphatic heterocycles. The highest BCUT2D eigenvalue weighted by atomic mass is 16.1. The van der Waals surface area contributed by atoms with Gasteiger partial charge in [-0.15, -0.1) is 0 Å². The summed E-state index contributed by atoms with van der Waals surface area (Å²) in [5, 5.41) is 6.80. The molecule has 2 unspecified atom stereocenters. The third-order valence-electron chi connectivity index (χ3n) is 4.39. The molecule has 0 aliphatic carbocycles. The van der Waals surface area contributed by atoms with Gasteiger partial charge in [-0.2, -0.15) is 0 Å². The normalized spacial score (nSPS) is 28.2. The molecule has 2 N–H and O–H groups in total. The van der Waals surface area contributed by atoms with Gasteiger partial charge in [0.05, 0.1) is 6.04 Å². The van der Waals surface area contributed by atoms with Gasteiger partial charge in [0.15, 0.2) is 0 Å². The first-order chi connectivity index (χ1) is 8.88. The van der Waals surface area contributed by atoms with Gasteiger partial charge < -0.3 is 15.4 Å². The summed E-state index contributed by atoms with van der Waals surface area (Å²) < 4.78 is 0. The number of benzene rings is 1. The second kappa shape index (κ2) is 5.11. The fourth-order valence-electron chi connectivity index (χ4n) is 3.37. The van der Waals surface area contributed by atoms with Gasteiger partial charge in [-0.1, -0.05) is 18.2 Å². The highest BCUT2D eigenvalue weighted by molar-refractivity contribution is 5.68. The first-order valence-electron chi connectivity index (χ1n) is 6.89. The van der Waals surface area contributed by atoms with Crippen molar-refractivity contribution in [1.29, 1.82) is 0 Å². The number of fused-ring (bicyclic) bond motifs is 1. The van der Waals surface area contributed by atoms with Crippen molar-refractivity contribution < 1.29 is 4.79 Å². The molecule has 1 fully saturated rings. The summed E-state index contributed by atoms with van der Waals surface area (Å²) in [6.45, 7) is 2.18. The molecule has 0 aromatic heterocycles. The molecule has 0 saturated carbocycles. The Labute approximate surface area is 108 Å². The fraction of sp³-hybridized carbons (Fsp3) is 0.533. The minimum Gasteiger partial charge on any atom is -0.375 e. The Morgan fingerprint density at radius 3 is 2.72 bits per heavy atom. The van der Waals surface area contributed by atoms with Crippen LogP contribution < -0.4 is 10.6 Å². The predicted octanol–water partition coefficient (Wildman–Crippen LogP) is 1.84. The van der Waals surface area contributed by atoms with Crippen LogP contribution in [0.15, 0.2) is 24.3 Å². The molecule has 3 heteroatoms. The zero-order chi connectivity index (χ0) is 12.4. The Hall–Kier alpha value is -1.35. The van der Waals surface area contributed by atoms with Crippen molar-refractivity contribution in [2.45, 2.75) is 25.3 Å². The van der Waals surface area contributed by atoms with Crippen LogP contribution in [0.3, 0.4) is 0 Å². The zero-order valence-electron chi connectivity index (χ0n) is 10.6. The molecule has 1 aromatic carbocycles. The molecule has 0 amide bonds. The molecule has 96 valence electrons. The van der Waals surface area contributed by atoms with E-state index < -0.39 is 0 Å². The molecular formula is C15H20N2O. The quantitative estimate of drug-likeness (QED) is 0.780. The van der Waals surface area contributed by atoms with Crippen molar-refractivity contribution in [2.24, 2.45) is 11.8 Å². The smallest absolute Gasteiger partial charge is 0.142 e. The molecule has 0 bridgehead atoms. The summed E-state index contributed by atoms with van der Waals surface area (Å²) in [6, 6.07) is 8.35. The van der Waals surface area contributed by atoms with Gasteiger partial charge >= 0.3 is 0 Å². The average molecular weight is 244 g/mol. The number of nitrogens with one attached hydrogen (secondary N) is 2. The number of anilines is 1. The number of hydrogen-bond acceptors (Lipinski definition) is 3. The first-order valence-corrected chi connectivity index (χ1v) is 6.89. The lowest BCUT2D eigenvalue weighted by Gasteiger charge is -2.38. The maximum atomic E-state index is 11.3. The van der Waals surface area contributed by atoms with E-state index in [2.05, 4.69) is 28.8 Å². The summed E-state index contributed by atoms with van der Waals surface area (Å²) in [6.07, 6.45) is 4.53. The van der Waals surface area contributed by atoms with E-state index in [-0.39, 0.29) is 6.04 Å². The molecule has 2 atom stereocenters. The van der Waals surface area contributed by atoms with Crippen LogP contribution in [0.1, 0.15) is 18.4 Å². The second-order valence-electron chi connectivity index (χ2n) is 5.42. The topological polar surface area (TPSA) is 41.1 Å². The van der Waals surface area contributed by atoms with Crippen LogP contribution in [0, 0.1) is 11.8 Å². The van der Waals surface area contributed by atoms with Crippen molar-refractivity contribution in [3.05, 3.63) is 29.8 Å². The summed E-state index contributed by atoms with van der Waals surface area (Å²) in [5.74, 6) is 1.13. The Kier molecular flexibility index (Phi) is 3.33. The Bertz CT molecular complexity index is 426. The summed E-state index contributed by atoms with van der Waals surface area (Å²) in [5.41, 5.74) is 2.50. The SMILES string of the molecule is O=CC1Nc2ccccc2CC1C1CCNCC1. The van der Waals surface area contributed by atoms with Crippen LogP contribution in [0.2, 0.25) is 0 Å². The van der Waals surface area contributed by atoms with Crippen molar-refractivity contribution in [1.82, 2.24) is 5.32 Å². The number of hydrogen-bond donors (Lipinski definition) is 2. The lowest BCUT2D eigenvalue weighted by molar-refractivity contribution is -0.110. The van der Waals surface area contributed by atoms with E-state index in [1.165, 1.54) is 18.4 Å². The molecule has 18 heavy (non-hydrogen) atoms. The van der Waals surface area contributed by atoms with Crippen LogP contribution >= 0.6 is 0 Å². The lowest BCUT2D eigenvalue weighted by atomic mass is 9.75. The van der Waals surface area contributed by atoms with E-state index >= 15 is 0 Å². The summed E-state index contributed by atoms with van der Waals surface area (Å²) in [7, 11) is 0. The van der Waals surface area contributed by atoms with Crippen molar-refractivity contribution in [2.75, 3.05) is 18.4 Å². The highest BCUT2D eigenvalue weighted by Crippen LogP contribution is 2.35. The largest absolute Gasteiger partial charge is 0.375 e. The number of para-hydroxylation sites is 1. The lowest BCUT2D eigenvalue weighted by Crippen LogP contribution is -2.43. The molecule has 1 aromatic rings. The van der Waals surface area contributed by atoms with Crippen molar-refractivity contribution >= 4 is 12.0 Å². The molecule has 2 heterocycles. The molecule has 0 radical (unpaired) electrons. The Morgan fingerprint density at radius 1 is 1.17 bits per heavy atom. The number of rotatable bonds is 2. The molecule has 3 nitrogen and oxygen atoms in total. The highest BCUT2D eigenvalue weighted by Gasteiger charge is 2.34. The van der Waals surface area contributed by atoms with E-state index in [1.54, 1.807) is 0 Å². The van der Waals surface area contributed by atoms with Gasteiger partial charge in [-0.25, -0.2) is 0 Å². The van der Waals surface area contributed by atoms with Crippen molar-refractivity contribution in [3.8, 4) is 0 Å². The summed E-state index contributed by atoms with van der Waals surface area (Å²) in [4.78, 5) is 11.3. The van der Waals surface area contributed by atoms with Crippen LogP contribution in [0.25, 0.3) is 0 Å². The maximum absolute atomic E-state index is 11.3. The van der Waals surface area contributed by atoms with E-state index in [9.17, 15) is 4.79 Å². The van der Waals surface area contributed by atoms with Gasteiger partial charge in [0.2, 0.25) is 0 Å². The van der Waals surface area contributed by atoms with E-state index in [0.29, 0.717) is 11.8 Å². The number of aldehydes is 1. The second-order valence-corrected chi connectivity index (χ2v) is 5.42. The maximum Gasteiger partial charge on any atom is 0.142 e. The molecule has 2 aliphatic rings. The van der Waals surface area contributed by atoms with Gasteiger partial charge in [-0.05, 0) is 55.8 Å². The molecular weight excluding hydrogens is 224 g/mol. The number of carbonyl (C=O) groups is 1. The predicted molar refractivity (Wildman–Crippen MR) is 72.7 cm³/mol. The van der Waals surface area contributed by atoms with Gasteiger partial charge in [0.1, 0.15) is 6.29 Å². The molecule has 1 saturated heterocycles. The fourth-order valence-corrected chi connectivity index (χ4v) is 3.37. The van der Waals surface area contributed by atoms with Crippen LogP contribution in [-0.2, 0) is 11.2 Å². The zero-order valence-corrected chi connectivity index (χ0v) is 10.6. The monoisotopic (exact) mass is 244 g/mol. The minimum atomic E-state index is -0.0111. The van der Waals surface area contributed by atoms with Crippen LogP contribution in [0.5, 0.6) is 0 Å². The Morgan fingerprint density at radius 2 is 1.94 bits per heavy atom. The van der Waals surface area contributed by atoms with Gasteiger partial charge in [-0.3, -0.25) is 0 Å². The Balaban J connectivity index is 1.83. The molecule has 3 rings (SSSR count). The van der Waals surface area contributed by atoms with Crippen LogP contribution in [0.4, 0.5) is 5.69 Å². The van der Waals surface area contributed by atoms with Gasteiger partial charge in [0.25, 0.3) is 0 Å². The third kappa shape index (κ3) is 2.15. The third-order valence-corrected chi connectivity index (χ3v) is 4.39. The number of carbonyl (C=O) groups excluding carboxylic acids is 1. The van der Waals surface area contributed by atoms with Gasteiger partial charge in [0, 0.05) is 5.69 Å². The van der Waals surface area contributed by atoms with E-state index in [1.807, 2.05) is 6.07 Å². The summed E-state index contributed by atoms with van der Waals surface area (Å²) >= 11 is 0. The number of piperidine rings is 1. The van der Waals surface area contributed by atoms with Crippen molar-refractivity contribution in [3.63, 3.8) is 0 Å². The van der Waals surface area contributed by atoms with E-state index in [4.69, 9.17) is 0 Å². The van der Waals surface area contributed by atoms with E-state index in [0.717, 1.165) is 31.5 Å². The molecule has 0 spiro atoms.